The Morgan fingerprint density at radius 3 is 2.65 bits per heavy atom. The van der Waals surface area contributed by atoms with Gasteiger partial charge in [0.1, 0.15) is 11.4 Å². The maximum absolute atomic E-state index is 12.6. The Kier molecular flexibility index (Phi) is 6.33. The van der Waals surface area contributed by atoms with Gasteiger partial charge in [-0.2, -0.15) is 0 Å². The van der Waals surface area contributed by atoms with Crippen LogP contribution in [-0.2, 0) is 9.53 Å². The van der Waals surface area contributed by atoms with E-state index in [0.717, 1.165) is 11.3 Å². The average molecular weight is 412 g/mol. The Morgan fingerprint density at radius 1 is 1.35 bits per heavy atom. The fraction of sp³-hybridized carbons (Fsp3) is 0.467. The number of anilines is 1. The van der Waals surface area contributed by atoms with Gasteiger partial charge in [-0.25, -0.2) is 4.98 Å². The lowest BCUT2D eigenvalue weighted by atomic mass is 9.91. The van der Waals surface area contributed by atoms with Gasteiger partial charge in [0, 0.05) is 13.2 Å². The normalized spacial score (nSPS) is 16.8. The van der Waals surface area contributed by atoms with E-state index in [9.17, 15) is 18.0 Å². The van der Waals surface area contributed by atoms with E-state index in [2.05, 4.69) is 20.4 Å². The third-order valence-corrected chi connectivity index (χ3v) is 4.96. The SMILES string of the molecule is COC1(C(=O)Nc2nc3ccc(OC(F)(F)F)cc3s2)CCNCC1.Cl. The van der Waals surface area contributed by atoms with Crippen LogP contribution in [0, 0.1) is 0 Å². The summed E-state index contributed by atoms with van der Waals surface area (Å²) in [7, 11) is 1.49. The molecule has 1 amide bonds. The number of nitrogens with one attached hydrogen (secondary N) is 2. The van der Waals surface area contributed by atoms with E-state index in [4.69, 9.17) is 4.74 Å². The fourth-order valence-corrected chi connectivity index (χ4v) is 3.61. The van der Waals surface area contributed by atoms with Crippen LogP contribution < -0.4 is 15.4 Å². The summed E-state index contributed by atoms with van der Waals surface area (Å²) >= 11 is 1.08. The van der Waals surface area contributed by atoms with Gasteiger partial charge in [-0.3, -0.25) is 10.1 Å². The predicted molar refractivity (Wildman–Crippen MR) is 94.0 cm³/mol. The minimum atomic E-state index is -4.75. The molecular weight excluding hydrogens is 395 g/mol. The minimum Gasteiger partial charge on any atom is -0.406 e. The van der Waals surface area contributed by atoms with Crippen molar-refractivity contribution in [3.63, 3.8) is 0 Å². The van der Waals surface area contributed by atoms with Gasteiger partial charge in [0.15, 0.2) is 5.13 Å². The number of thiazole rings is 1. The number of benzene rings is 1. The zero-order chi connectivity index (χ0) is 18.1. The van der Waals surface area contributed by atoms with Crippen molar-refractivity contribution >= 4 is 45.0 Å². The van der Waals surface area contributed by atoms with Gasteiger partial charge in [0.05, 0.1) is 10.2 Å². The van der Waals surface area contributed by atoms with E-state index in [1.807, 2.05) is 0 Å². The summed E-state index contributed by atoms with van der Waals surface area (Å²) in [6.45, 7) is 1.33. The first-order chi connectivity index (χ1) is 11.8. The number of methoxy groups -OCH3 is 1. The molecule has 2 aromatic rings. The second-order valence-electron chi connectivity index (χ2n) is 5.60. The summed E-state index contributed by atoms with van der Waals surface area (Å²) in [6, 6.07) is 3.84. The van der Waals surface area contributed by atoms with Gasteiger partial charge >= 0.3 is 6.36 Å². The molecule has 6 nitrogen and oxygen atoms in total. The minimum absolute atomic E-state index is 0. The molecule has 11 heteroatoms. The van der Waals surface area contributed by atoms with E-state index < -0.39 is 12.0 Å². The molecule has 2 N–H and O–H groups in total. The van der Waals surface area contributed by atoms with E-state index >= 15 is 0 Å². The molecule has 0 unspecified atom stereocenters. The van der Waals surface area contributed by atoms with Crippen LogP contribution >= 0.6 is 23.7 Å². The molecule has 2 heterocycles. The third kappa shape index (κ3) is 4.56. The molecule has 0 aliphatic carbocycles. The van der Waals surface area contributed by atoms with Crippen molar-refractivity contribution in [2.24, 2.45) is 0 Å². The van der Waals surface area contributed by atoms with E-state index in [-0.39, 0.29) is 24.1 Å². The number of carbonyl (C=O) groups is 1. The summed E-state index contributed by atoms with van der Waals surface area (Å²) in [5.74, 6) is -0.629. The molecular formula is C15H17ClF3N3O3S. The number of amides is 1. The number of ether oxygens (including phenoxy) is 2. The first kappa shape index (κ1) is 20.7. The van der Waals surface area contributed by atoms with Crippen molar-refractivity contribution in [3.8, 4) is 5.75 Å². The molecule has 0 atom stereocenters. The van der Waals surface area contributed by atoms with Crippen molar-refractivity contribution in [3.05, 3.63) is 18.2 Å². The zero-order valence-corrected chi connectivity index (χ0v) is 15.3. The number of hydrogen-bond donors (Lipinski definition) is 2. The second kappa shape index (κ2) is 7.95. The summed E-state index contributed by atoms with van der Waals surface area (Å²) in [6.07, 6.45) is -3.69. The smallest absolute Gasteiger partial charge is 0.406 e. The summed E-state index contributed by atoms with van der Waals surface area (Å²) in [5.41, 5.74) is -0.445. The molecule has 0 radical (unpaired) electrons. The van der Waals surface area contributed by atoms with Crippen molar-refractivity contribution in [1.29, 1.82) is 0 Å². The van der Waals surface area contributed by atoms with Crippen LogP contribution in [0.2, 0.25) is 0 Å². The summed E-state index contributed by atoms with van der Waals surface area (Å²) in [5, 5.41) is 6.18. The maximum Gasteiger partial charge on any atom is 0.573 e. The average Bonchev–Trinajstić information content (AvgIpc) is 2.95. The number of fused-ring (bicyclic) bond motifs is 1. The lowest BCUT2D eigenvalue weighted by Gasteiger charge is -2.34. The molecule has 1 saturated heterocycles. The van der Waals surface area contributed by atoms with Gasteiger partial charge in [-0.15, -0.1) is 25.6 Å². The lowest BCUT2D eigenvalue weighted by Crippen LogP contribution is -2.51. The molecule has 1 aromatic heterocycles. The van der Waals surface area contributed by atoms with Crippen LogP contribution in [0.25, 0.3) is 10.2 Å². The van der Waals surface area contributed by atoms with Gasteiger partial charge in [0.2, 0.25) is 0 Å². The van der Waals surface area contributed by atoms with Crippen molar-refractivity contribution < 1.29 is 27.4 Å². The Labute approximate surface area is 157 Å². The van der Waals surface area contributed by atoms with Crippen LogP contribution in [0.15, 0.2) is 18.2 Å². The first-order valence-electron chi connectivity index (χ1n) is 7.55. The van der Waals surface area contributed by atoms with Crippen LogP contribution in [0.1, 0.15) is 12.8 Å². The van der Waals surface area contributed by atoms with Crippen LogP contribution in [-0.4, -0.2) is 43.1 Å². The molecule has 1 aliphatic heterocycles. The highest BCUT2D eigenvalue weighted by molar-refractivity contribution is 7.22. The monoisotopic (exact) mass is 411 g/mol. The fourth-order valence-electron chi connectivity index (χ4n) is 2.72. The maximum atomic E-state index is 12.6. The molecule has 0 bridgehead atoms. The Balaban J connectivity index is 0.00000243. The van der Waals surface area contributed by atoms with Crippen molar-refractivity contribution in [2.45, 2.75) is 24.8 Å². The topological polar surface area (TPSA) is 72.5 Å². The molecule has 3 rings (SSSR count). The highest BCUT2D eigenvalue weighted by Gasteiger charge is 2.40. The molecule has 26 heavy (non-hydrogen) atoms. The highest BCUT2D eigenvalue weighted by atomic mass is 35.5. The number of carbonyl (C=O) groups excluding carboxylic acids is 1. The van der Waals surface area contributed by atoms with E-state index in [0.29, 0.717) is 41.3 Å². The van der Waals surface area contributed by atoms with Gasteiger partial charge in [-0.05, 0) is 38.1 Å². The van der Waals surface area contributed by atoms with Crippen molar-refractivity contribution in [1.82, 2.24) is 10.3 Å². The quantitative estimate of drug-likeness (QED) is 0.807. The number of alkyl halides is 3. The third-order valence-electron chi connectivity index (χ3n) is 4.03. The van der Waals surface area contributed by atoms with Crippen molar-refractivity contribution in [2.75, 3.05) is 25.5 Å². The Hall–Kier alpha value is -1.62. The number of hydrogen-bond acceptors (Lipinski definition) is 6. The first-order valence-corrected chi connectivity index (χ1v) is 8.37. The zero-order valence-electron chi connectivity index (χ0n) is 13.7. The number of nitrogens with zero attached hydrogens (tertiary/aromatic N) is 1. The van der Waals surface area contributed by atoms with Crippen LogP contribution in [0.4, 0.5) is 18.3 Å². The highest BCUT2D eigenvalue weighted by Crippen LogP contribution is 2.32. The van der Waals surface area contributed by atoms with Gasteiger partial charge in [0.25, 0.3) is 5.91 Å². The van der Waals surface area contributed by atoms with Crippen LogP contribution in [0.3, 0.4) is 0 Å². The largest absolute Gasteiger partial charge is 0.573 e. The summed E-state index contributed by atoms with van der Waals surface area (Å²) in [4.78, 5) is 16.8. The number of piperidine rings is 1. The van der Waals surface area contributed by atoms with E-state index in [1.165, 1.54) is 25.3 Å². The van der Waals surface area contributed by atoms with Gasteiger partial charge < -0.3 is 14.8 Å². The van der Waals surface area contributed by atoms with E-state index in [1.54, 1.807) is 0 Å². The standard InChI is InChI=1S/C15H16F3N3O3S.ClH/c1-23-14(4-6-19-7-5-14)12(22)21-13-20-10-3-2-9(8-11(10)25-13)24-15(16,17)18;/h2-3,8,19H,4-7H2,1H3,(H,20,21,22);1H. The molecule has 1 aromatic carbocycles. The summed E-state index contributed by atoms with van der Waals surface area (Å²) < 4.78 is 46.7. The Bertz CT molecular complexity index is 778. The van der Waals surface area contributed by atoms with Gasteiger partial charge in [-0.1, -0.05) is 11.3 Å². The predicted octanol–water partition coefficient (Wildman–Crippen LogP) is 3.32. The number of aromatic nitrogens is 1. The molecule has 144 valence electrons. The molecule has 1 fully saturated rings. The number of halogens is 4. The molecule has 0 saturated carbocycles. The Morgan fingerprint density at radius 2 is 2.04 bits per heavy atom. The number of rotatable bonds is 4. The molecule has 1 aliphatic rings. The van der Waals surface area contributed by atoms with Crippen LogP contribution in [0.5, 0.6) is 5.75 Å². The lowest BCUT2D eigenvalue weighted by molar-refractivity contribution is -0.274. The second-order valence-corrected chi connectivity index (χ2v) is 6.63. The molecule has 0 spiro atoms.